The van der Waals surface area contributed by atoms with Crippen LogP contribution >= 0.6 is 0 Å². The van der Waals surface area contributed by atoms with Gasteiger partial charge in [-0.1, -0.05) is 59.1 Å². The summed E-state index contributed by atoms with van der Waals surface area (Å²) < 4.78 is 114. The van der Waals surface area contributed by atoms with Crippen molar-refractivity contribution in [3.05, 3.63) is 12.2 Å². The molecule has 3 heterocycles. The van der Waals surface area contributed by atoms with Gasteiger partial charge in [-0.05, 0) is 159 Å². The minimum atomic E-state index is -5.19. The number of nitrogens with one attached hydrogen (secondary N) is 3. The van der Waals surface area contributed by atoms with Crippen molar-refractivity contribution in [1.29, 1.82) is 0 Å². The lowest BCUT2D eigenvalue weighted by Gasteiger charge is -2.46. The Kier molecular flexibility index (Phi) is 28.1. The number of halogens is 8. The van der Waals surface area contributed by atoms with Gasteiger partial charge in [0.1, 0.15) is 66.1 Å². The van der Waals surface area contributed by atoms with Crippen LogP contribution in [0.4, 0.5) is 35.1 Å². The lowest BCUT2D eigenvalue weighted by molar-refractivity contribution is -0.219. The molecular formula is C71H109F8N11O11. The van der Waals surface area contributed by atoms with Gasteiger partial charge in [-0.25, -0.2) is 8.78 Å². The van der Waals surface area contributed by atoms with Crippen molar-refractivity contribution in [2.24, 2.45) is 41.4 Å². The summed E-state index contributed by atoms with van der Waals surface area (Å²) in [7, 11) is 8.42. The topological polar surface area (TPSA) is 250 Å². The van der Waals surface area contributed by atoms with Crippen molar-refractivity contribution in [1.82, 2.24) is 55.1 Å². The molecule has 570 valence electrons. The highest BCUT2D eigenvalue weighted by Crippen LogP contribution is 2.46. The maximum atomic E-state index is 15.3. The highest BCUT2D eigenvalue weighted by molar-refractivity contribution is 6.00. The van der Waals surface area contributed by atoms with E-state index in [9.17, 15) is 55.1 Å². The fraction of sp³-hybridized carbons (Fsp3) is 0.817. The summed E-state index contributed by atoms with van der Waals surface area (Å²) >= 11 is 0. The Bertz CT molecular complexity index is 2980. The second kappa shape index (κ2) is 34.8. The largest absolute Gasteiger partial charge is 0.397 e. The summed E-state index contributed by atoms with van der Waals surface area (Å²) in [5.74, 6) is -14.8. The van der Waals surface area contributed by atoms with E-state index in [1.165, 1.54) is 66.8 Å². The van der Waals surface area contributed by atoms with Gasteiger partial charge in [-0.2, -0.15) is 26.3 Å². The van der Waals surface area contributed by atoms with E-state index in [-0.39, 0.29) is 115 Å². The first-order valence-corrected chi connectivity index (χ1v) is 36.5. The molecule has 1 spiro atoms. The molecule has 3 N–H and O–H groups in total. The lowest BCUT2D eigenvalue weighted by Crippen LogP contribution is -2.68. The van der Waals surface area contributed by atoms with Gasteiger partial charge in [0.15, 0.2) is 0 Å². The van der Waals surface area contributed by atoms with Gasteiger partial charge in [-0.3, -0.25) is 52.7 Å². The molecule has 11 atom stereocenters. The number of nitrogens with zero attached hydrogens (tertiary/aromatic N) is 8. The van der Waals surface area contributed by atoms with E-state index in [4.69, 9.17) is 0 Å². The SMILES string of the molecule is CC[C@H](C)[C@@H]1NC(=O)[C@H](CC(C)C)N(C)C(=O)C[C@@H](C)N(C)C(=O)[C@H](C2CCCC2)N(C)C(=O)C2(CCC2)NC(=O)[C@@H]2CCCN2C(=O)[C@H](CCC2CC(F)C(C(F)(F)F)C(F)C2)NC(=O)CN(C)C(=O)[C@H](CC2CCC(C(F)(F)F)CC2)N2CC/C=C\C[C@@H](C2=O)N(C)C(=O)CN(C)C1=O. The highest BCUT2D eigenvalue weighted by atomic mass is 19.4. The van der Waals surface area contributed by atoms with Gasteiger partial charge in [-0.15, -0.1) is 0 Å². The van der Waals surface area contributed by atoms with Crippen LogP contribution in [0.1, 0.15) is 182 Å². The molecule has 7 aliphatic rings. The Labute approximate surface area is 588 Å². The standard InChI is InChI=1S/C71H109F8N11O11/c1-12-42(4)59-66(99)84(7)40-57(93)86(9)52-22-14-13-17-32-90(65(52)98)54(38-44-24-27-47(28-25-44)70(74,75)76)64(97)83(6)39-55(91)80-50(29-26-45-36-48(72)58(49(73)37-45)71(77,78)79)63(96)89-33-18-23-51(89)62(95)82-69(30-19-31-69)68(101)88(11)60(46-20-15-16-21-46)67(100)85(8)43(5)35-56(92)87(10)53(34-41(2)3)61(94)81-59/h13-14,41-54,58-60H,12,15-40H2,1-11H3,(H,80,91)(H,81,94)(H,82,95)/b14-13-/t42-,43+,44?,45?,47?,48?,49?,50-,51-,52-,53-,54-,58?,59-,60-/m0/s1. The monoisotopic (exact) mass is 1440 g/mol. The third kappa shape index (κ3) is 19.8. The molecule has 11 amide bonds. The Balaban J connectivity index is 1.27. The minimum Gasteiger partial charge on any atom is -0.343 e. The molecule has 0 aromatic heterocycles. The number of amides is 11. The maximum Gasteiger partial charge on any atom is 0.397 e. The van der Waals surface area contributed by atoms with Gasteiger partial charge < -0.3 is 55.1 Å². The molecule has 2 saturated heterocycles. The highest BCUT2D eigenvalue weighted by Gasteiger charge is 2.56. The average molecular weight is 1440 g/mol. The average Bonchev–Trinajstić information content (AvgIpc) is 1.63. The first-order chi connectivity index (χ1) is 47.3. The molecule has 2 unspecified atom stereocenters. The molecule has 30 heteroatoms. The van der Waals surface area contributed by atoms with Gasteiger partial charge in [0, 0.05) is 67.8 Å². The van der Waals surface area contributed by atoms with Crippen molar-refractivity contribution in [3.63, 3.8) is 0 Å². The minimum absolute atomic E-state index is 0.0182. The predicted octanol–water partition coefficient (Wildman–Crippen LogP) is 7.27. The zero-order valence-corrected chi connectivity index (χ0v) is 60.7. The first-order valence-electron chi connectivity index (χ1n) is 36.5. The number of alkyl halides is 8. The molecular weight excluding hydrogens is 1330 g/mol. The van der Waals surface area contributed by atoms with Crippen LogP contribution in [0.2, 0.25) is 0 Å². The quantitative estimate of drug-likeness (QED) is 0.145. The summed E-state index contributed by atoms with van der Waals surface area (Å²) in [4.78, 5) is 174. The molecule has 4 aliphatic carbocycles. The van der Waals surface area contributed by atoms with Crippen LogP contribution in [0.15, 0.2) is 12.2 Å². The van der Waals surface area contributed by atoms with Crippen molar-refractivity contribution in [2.75, 3.05) is 68.5 Å². The van der Waals surface area contributed by atoms with Crippen LogP contribution < -0.4 is 16.0 Å². The van der Waals surface area contributed by atoms with E-state index in [1.807, 2.05) is 13.8 Å². The van der Waals surface area contributed by atoms with E-state index in [0.29, 0.717) is 25.7 Å². The number of carbonyl (C=O) groups is 11. The van der Waals surface area contributed by atoms with E-state index in [1.54, 1.807) is 32.9 Å². The van der Waals surface area contributed by atoms with Crippen LogP contribution in [0.25, 0.3) is 0 Å². The van der Waals surface area contributed by atoms with Crippen LogP contribution in [0.5, 0.6) is 0 Å². The fourth-order valence-electron chi connectivity index (χ4n) is 16.3. The number of likely N-dealkylation sites (N-methyl/N-ethyl adjacent to an activating group) is 6. The summed E-state index contributed by atoms with van der Waals surface area (Å²) in [5, 5.41) is 8.46. The molecule has 3 aliphatic heterocycles. The smallest absolute Gasteiger partial charge is 0.343 e. The summed E-state index contributed by atoms with van der Waals surface area (Å²) in [6, 6.07) is -9.86. The fourth-order valence-corrected chi connectivity index (χ4v) is 16.3. The third-order valence-electron chi connectivity index (χ3n) is 23.1. The first kappa shape index (κ1) is 81.6. The Morgan fingerprint density at radius 3 is 1.78 bits per heavy atom. The molecule has 0 aromatic rings. The van der Waals surface area contributed by atoms with Gasteiger partial charge >= 0.3 is 12.4 Å². The van der Waals surface area contributed by atoms with Gasteiger partial charge in [0.25, 0.3) is 0 Å². The lowest BCUT2D eigenvalue weighted by atomic mass is 9.74. The molecule has 6 fully saturated rings. The van der Waals surface area contributed by atoms with Gasteiger partial charge in [0.2, 0.25) is 65.0 Å². The number of hydrogen-bond donors (Lipinski definition) is 3. The summed E-state index contributed by atoms with van der Waals surface area (Å²) in [6.07, 6.45) is -10.1. The van der Waals surface area contributed by atoms with Crippen molar-refractivity contribution in [2.45, 2.75) is 261 Å². The van der Waals surface area contributed by atoms with E-state index in [0.717, 1.165) is 27.5 Å². The number of carbonyl (C=O) groups excluding carboxylic acids is 11. The van der Waals surface area contributed by atoms with E-state index < -0.39 is 205 Å². The molecule has 101 heavy (non-hydrogen) atoms. The van der Waals surface area contributed by atoms with Gasteiger partial charge in [0.05, 0.1) is 19.0 Å². The van der Waals surface area contributed by atoms with Crippen molar-refractivity contribution >= 4 is 65.0 Å². The predicted molar refractivity (Wildman–Crippen MR) is 357 cm³/mol. The number of hydrogen-bond acceptors (Lipinski definition) is 11. The molecule has 0 aromatic carbocycles. The molecule has 2 bridgehead atoms. The maximum absolute atomic E-state index is 15.3. The van der Waals surface area contributed by atoms with Crippen molar-refractivity contribution < 1.29 is 87.9 Å². The Morgan fingerprint density at radius 2 is 1.21 bits per heavy atom. The second-order valence-corrected chi connectivity index (χ2v) is 30.6. The Morgan fingerprint density at radius 1 is 0.584 bits per heavy atom. The zero-order chi connectivity index (χ0) is 74.9. The normalized spacial score (nSPS) is 32.7. The van der Waals surface area contributed by atoms with Crippen LogP contribution in [0.3, 0.4) is 0 Å². The summed E-state index contributed by atoms with van der Waals surface area (Å²) in [6.45, 7) is 7.30. The zero-order valence-electron chi connectivity index (χ0n) is 60.7. The Hall–Kier alpha value is -6.65. The van der Waals surface area contributed by atoms with Crippen LogP contribution in [0, 0.1) is 41.4 Å². The van der Waals surface area contributed by atoms with E-state index >= 15 is 32.8 Å². The molecule has 0 radical (unpaired) electrons. The van der Waals surface area contributed by atoms with Crippen molar-refractivity contribution in [3.8, 4) is 0 Å². The molecule has 4 saturated carbocycles. The second-order valence-electron chi connectivity index (χ2n) is 30.6. The van der Waals surface area contributed by atoms with E-state index in [2.05, 4.69) is 16.0 Å². The van der Waals surface area contributed by atoms with Crippen LogP contribution in [-0.4, -0.2) is 251 Å². The molecule has 22 nitrogen and oxygen atoms in total. The number of rotatable bonds is 10. The van der Waals surface area contributed by atoms with Crippen LogP contribution in [-0.2, 0) is 52.7 Å². The molecule has 7 rings (SSSR count). The third-order valence-corrected chi connectivity index (χ3v) is 23.1. The summed E-state index contributed by atoms with van der Waals surface area (Å²) in [5.41, 5.74) is -1.55. The number of fused-ring (bicyclic) bond motifs is 3.